The molecule has 2 fully saturated rings. The first-order valence-electron chi connectivity index (χ1n) is 7.91. The van der Waals surface area contributed by atoms with Crippen LogP contribution >= 0.6 is 0 Å². The topological polar surface area (TPSA) is 57.1 Å². The van der Waals surface area contributed by atoms with E-state index < -0.39 is 0 Å². The molecule has 0 aromatic heterocycles. The molecule has 0 atom stereocenters. The van der Waals surface area contributed by atoms with Gasteiger partial charge in [0.2, 0.25) is 5.91 Å². The van der Waals surface area contributed by atoms with E-state index >= 15 is 0 Å². The van der Waals surface area contributed by atoms with Gasteiger partial charge in [0, 0.05) is 24.2 Å². The lowest BCUT2D eigenvalue weighted by Gasteiger charge is -2.30. The Morgan fingerprint density at radius 1 is 1.14 bits per heavy atom. The molecule has 3 rings (SSSR count). The molecule has 0 spiro atoms. The van der Waals surface area contributed by atoms with Gasteiger partial charge in [-0.2, -0.15) is 0 Å². The van der Waals surface area contributed by atoms with Gasteiger partial charge in [0.1, 0.15) is 0 Å². The zero-order chi connectivity index (χ0) is 15.5. The number of likely N-dealkylation sites (N-methyl/N-ethyl adjacent to an activating group) is 1. The van der Waals surface area contributed by atoms with Crippen molar-refractivity contribution in [2.75, 3.05) is 44.7 Å². The van der Waals surface area contributed by atoms with Crippen LogP contribution in [0, 0.1) is 0 Å². The maximum atomic E-state index is 12.3. The van der Waals surface area contributed by atoms with Crippen LogP contribution in [0.5, 0.6) is 0 Å². The number of carbonyl (C=O) groups excluding carboxylic acids is 2. The van der Waals surface area contributed by atoms with E-state index in [1.54, 1.807) is 17.0 Å². The first-order valence-corrected chi connectivity index (χ1v) is 7.91. The van der Waals surface area contributed by atoms with E-state index in [0.717, 1.165) is 44.8 Å². The van der Waals surface area contributed by atoms with Crippen molar-refractivity contribution in [3.8, 4) is 0 Å². The van der Waals surface area contributed by atoms with Crippen LogP contribution in [0.15, 0.2) is 24.3 Å². The fourth-order valence-electron chi connectivity index (χ4n) is 2.92. The molecule has 2 heterocycles. The average Bonchev–Trinajstić information content (AvgIpc) is 2.96. The summed E-state index contributed by atoms with van der Waals surface area (Å²) in [6.07, 6.45) is 1.53. The molecule has 0 radical (unpaired) electrons. The van der Waals surface area contributed by atoms with E-state index in [1.807, 2.05) is 17.1 Å². The van der Waals surface area contributed by atoms with Crippen molar-refractivity contribution in [3.05, 3.63) is 29.8 Å². The molecular formula is C16H23N4O2+. The van der Waals surface area contributed by atoms with E-state index in [9.17, 15) is 9.59 Å². The Morgan fingerprint density at radius 3 is 2.41 bits per heavy atom. The van der Waals surface area contributed by atoms with E-state index in [-0.39, 0.29) is 11.8 Å². The van der Waals surface area contributed by atoms with Crippen LogP contribution < -0.4 is 15.2 Å². The first kappa shape index (κ1) is 15.0. The highest BCUT2D eigenvalue weighted by Gasteiger charge is 2.22. The SMILES string of the molecule is C[NH+]1CCN(NC(=O)c2ccc(N3CCCC3=O)cc2)CC1. The third kappa shape index (κ3) is 3.28. The van der Waals surface area contributed by atoms with Crippen LogP contribution in [0.25, 0.3) is 0 Å². The monoisotopic (exact) mass is 303 g/mol. The van der Waals surface area contributed by atoms with E-state index in [0.29, 0.717) is 12.0 Å². The number of benzene rings is 1. The lowest BCUT2D eigenvalue weighted by molar-refractivity contribution is -0.884. The molecule has 1 aromatic rings. The number of nitrogens with one attached hydrogen (secondary N) is 2. The Bertz CT molecular complexity index is 550. The summed E-state index contributed by atoms with van der Waals surface area (Å²) >= 11 is 0. The fourth-order valence-corrected chi connectivity index (χ4v) is 2.92. The zero-order valence-corrected chi connectivity index (χ0v) is 13.0. The number of hydrogen-bond donors (Lipinski definition) is 2. The Balaban J connectivity index is 1.60. The summed E-state index contributed by atoms with van der Waals surface area (Å²) in [6.45, 7) is 4.59. The van der Waals surface area contributed by atoms with Crippen LogP contribution in [0.1, 0.15) is 23.2 Å². The number of carbonyl (C=O) groups is 2. The standard InChI is InChI=1S/C16H22N4O2/c1-18-9-11-19(12-10-18)17-16(22)13-4-6-14(7-5-13)20-8-2-3-15(20)21/h4-7H,2-3,8-12H2,1H3,(H,17,22)/p+1. The number of piperazine rings is 1. The molecule has 0 aliphatic carbocycles. The van der Waals surface area contributed by atoms with Crippen LogP contribution in [0.4, 0.5) is 5.69 Å². The van der Waals surface area contributed by atoms with Crippen LogP contribution in [0.2, 0.25) is 0 Å². The molecule has 22 heavy (non-hydrogen) atoms. The summed E-state index contributed by atoms with van der Waals surface area (Å²) in [7, 11) is 2.16. The lowest BCUT2D eigenvalue weighted by atomic mass is 10.2. The zero-order valence-electron chi connectivity index (χ0n) is 13.0. The van der Waals surface area contributed by atoms with Crippen LogP contribution in [0.3, 0.4) is 0 Å². The summed E-state index contributed by atoms with van der Waals surface area (Å²) in [6, 6.07) is 7.29. The number of anilines is 1. The predicted molar refractivity (Wildman–Crippen MR) is 83.7 cm³/mol. The number of hydrogen-bond acceptors (Lipinski definition) is 3. The molecule has 0 bridgehead atoms. The summed E-state index contributed by atoms with van der Waals surface area (Å²) in [5.41, 5.74) is 4.46. The van der Waals surface area contributed by atoms with Crippen molar-refractivity contribution in [3.63, 3.8) is 0 Å². The van der Waals surface area contributed by atoms with Gasteiger partial charge in [-0.15, -0.1) is 0 Å². The average molecular weight is 303 g/mol. The van der Waals surface area contributed by atoms with Gasteiger partial charge in [-0.25, -0.2) is 5.01 Å². The largest absolute Gasteiger partial charge is 0.335 e. The summed E-state index contributed by atoms with van der Waals surface area (Å²) in [5, 5.41) is 1.98. The van der Waals surface area contributed by atoms with E-state index in [4.69, 9.17) is 0 Å². The minimum Gasteiger partial charge on any atom is -0.335 e. The molecule has 6 nitrogen and oxygen atoms in total. The maximum absolute atomic E-state index is 12.3. The van der Waals surface area contributed by atoms with Gasteiger partial charge in [0.25, 0.3) is 5.91 Å². The smallest absolute Gasteiger partial charge is 0.265 e. The van der Waals surface area contributed by atoms with Crippen molar-refractivity contribution in [1.82, 2.24) is 10.4 Å². The highest BCUT2D eigenvalue weighted by atomic mass is 16.2. The van der Waals surface area contributed by atoms with Gasteiger partial charge < -0.3 is 9.80 Å². The molecule has 2 aliphatic heterocycles. The Labute approximate surface area is 130 Å². The summed E-state index contributed by atoms with van der Waals surface area (Å²) in [4.78, 5) is 27.2. The summed E-state index contributed by atoms with van der Waals surface area (Å²) < 4.78 is 0. The van der Waals surface area contributed by atoms with Crippen molar-refractivity contribution in [1.29, 1.82) is 0 Å². The second-order valence-electron chi connectivity index (χ2n) is 6.08. The highest BCUT2D eigenvalue weighted by Crippen LogP contribution is 2.21. The molecule has 2 aliphatic rings. The molecule has 6 heteroatoms. The van der Waals surface area contributed by atoms with Gasteiger partial charge in [0.05, 0.1) is 33.2 Å². The number of nitrogens with zero attached hydrogens (tertiary/aromatic N) is 2. The van der Waals surface area contributed by atoms with Crippen molar-refractivity contribution in [2.45, 2.75) is 12.8 Å². The maximum Gasteiger partial charge on any atom is 0.265 e. The summed E-state index contributed by atoms with van der Waals surface area (Å²) in [5.74, 6) is 0.0796. The molecule has 2 N–H and O–H groups in total. The highest BCUT2D eigenvalue weighted by molar-refractivity contribution is 5.97. The third-order valence-corrected chi connectivity index (χ3v) is 4.39. The Hall–Kier alpha value is -1.92. The normalized spacial score (nSPS) is 20.4. The molecule has 1 aromatic carbocycles. The Kier molecular flexibility index (Phi) is 4.40. The lowest BCUT2D eigenvalue weighted by Crippen LogP contribution is -3.12. The number of rotatable bonds is 3. The number of quaternary nitrogens is 1. The fraction of sp³-hybridized carbons (Fsp3) is 0.500. The van der Waals surface area contributed by atoms with Gasteiger partial charge >= 0.3 is 0 Å². The van der Waals surface area contributed by atoms with Crippen LogP contribution in [-0.2, 0) is 4.79 Å². The predicted octanol–water partition coefficient (Wildman–Crippen LogP) is -0.711. The number of amides is 2. The van der Waals surface area contributed by atoms with Gasteiger partial charge in [-0.1, -0.05) is 0 Å². The first-order chi connectivity index (χ1) is 10.6. The molecule has 118 valence electrons. The minimum atomic E-state index is -0.0844. The minimum absolute atomic E-state index is 0.0844. The second-order valence-corrected chi connectivity index (χ2v) is 6.08. The van der Waals surface area contributed by atoms with Crippen molar-refractivity contribution < 1.29 is 14.5 Å². The molecule has 2 amide bonds. The van der Waals surface area contributed by atoms with E-state index in [2.05, 4.69) is 12.5 Å². The van der Waals surface area contributed by atoms with Crippen LogP contribution in [-0.4, -0.2) is 56.6 Å². The van der Waals surface area contributed by atoms with Gasteiger partial charge in [-0.3, -0.25) is 15.0 Å². The number of hydrazine groups is 1. The second kappa shape index (κ2) is 6.46. The van der Waals surface area contributed by atoms with Gasteiger partial charge in [-0.05, 0) is 30.7 Å². The third-order valence-electron chi connectivity index (χ3n) is 4.39. The van der Waals surface area contributed by atoms with Crippen molar-refractivity contribution >= 4 is 17.5 Å². The quantitative estimate of drug-likeness (QED) is 0.775. The molecule has 2 saturated heterocycles. The molecule has 0 unspecified atom stereocenters. The molecule has 0 saturated carbocycles. The van der Waals surface area contributed by atoms with Crippen molar-refractivity contribution in [2.24, 2.45) is 0 Å². The van der Waals surface area contributed by atoms with Gasteiger partial charge in [0.15, 0.2) is 0 Å². The Morgan fingerprint density at radius 2 is 1.82 bits per heavy atom. The van der Waals surface area contributed by atoms with E-state index in [1.165, 1.54) is 4.90 Å². The molecular weight excluding hydrogens is 280 g/mol.